The minimum Gasteiger partial charge on any atom is -0.333 e. The fraction of sp³-hybridized carbons (Fsp3) is 0.389. The van der Waals surface area contributed by atoms with Crippen LogP contribution in [-0.2, 0) is 0 Å². The molecule has 2 aromatic rings. The van der Waals surface area contributed by atoms with Gasteiger partial charge in [0.15, 0.2) is 5.69 Å². The third-order valence-corrected chi connectivity index (χ3v) is 4.69. The van der Waals surface area contributed by atoms with Crippen molar-refractivity contribution in [2.45, 2.75) is 25.8 Å². The number of carbonyl (C=O) groups is 1. The minimum atomic E-state index is -0.514. The van der Waals surface area contributed by atoms with Gasteiger partial charge >= 0.3 is 0 Å². The summed E-state index contributed by atoms with van der Waals surface area (Å²) in [7, 11) is 1.81. The van der Waals surface area contributed by atoms with E-state index in [1.807, 2.05) is 7.05 Å². The number of nitro benzene ring substituents is 1. The SMILES string of the molecule is CNCC1CCCN1C(=O)c1nn(-c2ccccc2[N+](=O)[O-])c(C)cc1=O.Cl. The molecule has 1 unspecified atom stereocenters. The summed E-state index contributed by atoms with van der Waals surface area (Å²) >= 11 is 0. The molecule has 9 nitrogen and oxygen atoms in total. The highest BCUT2D eigenvalue weighted by Gasteiger charge is 2.31. The van der Waals surface area contributed by atoms with E-state index in [9.17, 15) is 19.7 Å². The van der Waals surface area contributed by atoms with Gasteiger partial charge in [-0.3, -0.25) is 19.7 Å². The van der Waals surface area contributed by atoms with Gasteiger partial charge in [-0.1, -0.05) is 12.1 Å². The van der Waals surface area contributed by atoms with Crippen molar-refractivity contribution in [2.24, 2.45) is 0 Å². The standard InChI is InChI=1S/C18H21N5O4.ClH/c1-12-10-16(24)17(18(25)21-9-5-6-13(21)11-19-2)20-22(12)14-7-3-4-8-15(14)23(26)27;/h3-4,7-8,10,13,19H,5-6,9,11H2,1-2H3;1H. The minimum absolute atomic E-state index is 0. The Morgan fingerprint density at radius 3 is 2.79 bits per heavy atom. The summed E-state index contributed by atoms with van der Waals surface area (Å²) in [5.41, 5.74) is -0.227. The zero-order valence-corrected chi connectivity index (χ0v) is 16.4. The zero-order chi connectivity index (χ0) is 19.6. The molecule has 1 aliphatic rings. The molecule has 1 N–H and O–H groups in total. The molecule has 0 saturated carbocycles. The summed E-state index contributed by atoms with van der Waals surface area (Å²) < 4.78 is 1.29. The van der Waals surface area contributed by atoms with Crippen molar-refractivity contribution in [3.63, 3.8) is 0 Å². The predicted molar refractivity (Wildman–Crippen MR) is 106 cm³/mol. The Balaban J connectivity index is 0.00000280. The lowest BCUT2D eigenvalue weighted by Crippen LogP contribution is -2.43. The van der Waals surface area contributed by atoms with Crippen LogP contribution in [0, 0.1) is 17.0 Å². The molecule has 1 aromatic carbocycles. The van der Waals surface area contributed by atoms with Gasteiger partial charge in [-0.15, -0.1) is 12.4 Å². The monoisotopic (exact) mass is 407 g/mol. The van der Waals surface area contributed by atoms with Crippen molar-refractivity contribution in [1.29, 1.82) is 0 Å². The highest BCUT2D eigenvalue weighted by Crippen LogP contribution is 2.23. The molecule has 2 heterocycles. The van der Waals surface area contributed by atoms with Crippen molar-refractivity contribution in [2.75, 3.05) is 20.1 Å². The maximum atomic E-state index is 13.0. The van der Waals surface area contributed by atoms with Crippen LogP contribution in [0.2, 0.25) is 0 Å². The molecule has 10 heteroatoms. The van der Waals surface area contributed by atoms with Crippen LogP contribution in [0.25, 0.3) is 5.69 Å². The first-order valence-electron chi connectivity index (χ1n) is 8.74. The number of nitro groups is 1. The van der Waals surface area contributed by atoms with E-state index in [4.69, 9.17) is 0 Å². The molecule has 0 bridgehead atoms. The van der Waals surface area contributed by atoms with Crippen LogP contribution in [0.5, 0.6) is 0 Å². The Morgan fingerprint density at radius 2 is 2.11 bits per heavy atom. The fourth-order valence-electron chi connectivity index (χ4n) is 3.42. The first-order chi connectivity index (χ1) is 12.9. The predicted octanol–water partition coefficient (Wildman–Crippen LogP) is 1.69. The molecule has 1 saturated heterocycles. The second kappa shape index (κ2) is 8.94. The molecule has 150 valence electrons. The molecule has 1 fully saturated rings. The van der Waals surface area contributed by atoms with Crippen molar-refractivity contribution in [1.82, 2.24) is 20.0 Å². The van der Waals surface area contributed by atoms with Crippen molar-refractivity contribution < 1.29 is 9.72 Å². The van der Waals surface area contributed by atoms with Gasteiger partial charge in [-0.2, -0.15) is 5.10 Å². The number of benzene rings is 1. The van der Waals surface area contributed by atoms with Gasteiger partial charge in [-0.25, -0.2) is 4.68 Å². The number of aryl methyl sites for hydroxylation is 1. The summed E-state index contributed by atoms with van der Waals surface area (Å²) in [5, 5.41) is 18.6. The number of likely N-dealkylation sites (tertiary alicyclic amines) is 1. The normalized spacial score (nSPS) is 15.9. The van der Waals surface area contributed by atoms with Gasteiger partial charge in [0, 0.05) is 37.0 Å². The molecule has 1 aromatic heterocycles. The molecule has 28 heavy (non-hydrogen) atoms. The van der Waals surface area contributed by atoms with Gasteiger partial charge in [0.05, 0.1) is 4.92 Å². The Kier molecular flexibility index (Phi) is 6.87. The Morgan fingerprint density at radius 1 is 1.39 bits per heavy atom. The van der Waals surface area contributed by atoms with Crippen LogP contribution in [0.15, 0.2) is 35.1 Å². The van der Waals surface area contributed by atoms with E-state index in [1.54, 1.807) is 24.0 Å². The zero-order valence-electron chi connectivity index (χ0n) is 15.6. The summed E-state index contributed by atoms with van der Waals surface area (Å²) in [6, 6.07) is 7.39. The average molecular weight is 408 g/mol. The number of hydrogen-bond acceptors (Lipinski definition) is 6. The quantitative estimate of drug-likeness (QED) is 0.596. The molecule has 0 radical (unpaired) electrons. The number of likely N-dealkylation sites (N-methyl/N-ethyl adjacent to an activating group) is 1. The fourth-order valence-corrected chi connectivity index (χ4v) is 3.42. The lowest BCUT2D eigenvalue weighted by Gasteiger charge is -2.24. The van der Waals surface area contributed by atoms with E-state index in [2.05, 4.69) is 10.4 Å². The van der Waals surface area contributed by atoms with E-state index in [0.29, 0.717) is 18.8 Å². The van der Waals surface area contributed by atoms with Crippen LogP contribution in [0.4, 0.5) is 5.69 Å². The number of amides is 1. The second-order valence-electron chi connectivity index (χ2n) is 6.51. The Hall–Kier alpha value is -2.78. The molecular formula is C18H22ClN5O4. The van der Waals surface area contributed by atoms with Gasteiger partial charge in [0.1, 0.15) is 5.69 Å². The van der Waals surface area contributed by atoms with Gasteiger partial charge in [0.2, 0.25) is 5.43 Å². The number of rotatable bonds is 5. The second-order valence-corrected chi connectivity index (χ2v) is 6.51. The number of nitrogens with one attached hydrogen (secondary N) is 1. The summed E-state index contributed by atoms with van der Waals surface area (Å²) in [4.78, 5) is 37.9. The number of halogens is 1. The van der Waals surface area contributed by atoms with E-state index >= 15 is 0 Å². The van der Waals surface area contributed by atoms with Gasteiger partial charge in [-0.05, 0) is 32.9 Å². The summed E-state index contributed by atoms with van der Waals surface area (Å²) in [6.45, 7) is 2.82. The van der Waals surface area contributed by atoms with Crippen LogP contribution in [0.1, 0.15) is 29.0 Å². The van der Waals surface area contributed by atoms with Crippen LogP contribution in [-0.4, -0.2) is 51.7 Å². The van der Waals surface area contributed by atoms with Crippen molar-refractivity contribution in [3.8, 4) is 5.69 Å². The lowest BCUT2D eigenvalue weighted by molar-refractivity contribution is -0.384. The maximum absolute atomic E-state index is 13.0. The highest BCUT2D eigenvalue weighted by atomic mass is 35.5. The molecule has 1 amide bonds. The van der Waals surface area contributed by atoms with Crippen LogP contribution >= 0.6 is 12.4 Å². The lowest BCUT2D eigenvalue weighted by atomic mass is 10.2. The third-order valence-electron chi connectivity index (χ3n) is 4.69. The molecule has 0 aliphatic carbocycles. The average Bonchev–Trinajstić information content (AvgIpc) is 3.10. The topological polar surface area (TPSA) is 110 Å². The number of carbonyl (C=O) groups excluding carboxylic acids is 1. The van der Waals surface area contributed by atoms with E-state index in [1.165, 1.54) is 22.9 Å². The first kappa shape index (κ1) is 21.5. The number of hydrogen-bond donors (Lipinski definition) is 1. The van der Waals surface area contributed by atoms with Crippen molar-refractivity contribution >= 4 is 24.0 Å². The number of nitrogens with zero attached hydrogens (tertiary/aromatic N) is 4. The molecule has 0 spiro atoms. The molecule has 1 atom stereocenters. The van der Waals surface area contributed by atoms with Gasteiger partial charge < -0.3 is 10.2 Å². The van der Waals surface area contributed by atoms with E-state index in [-0.39, 0.29) is 35.5 Å². The maximum Gasteiger partial charge on any atom is 0.294 e. The van der Waals surface area contributed by atoms with Gasteiger partial charge in [0.25, 0.3) is 11.6 Å². The third kappa shape index (κ3) is 4.05. The summed E-state index contributed by atoms with van der Waals surface area (Å²) in [6.07, 6.45) is 1.72. The Bertz CT molecular complexity index is 946. The number of aromatic nitrogens is 2. The summed E-state index contributed by atoms with van der Waals surface area (Å²) in [5.74, 6) is -0.440. The smallest absolute Gasteiger partial charge is 0.294 e. The van der Waals surface area contributed by atoms with E-state index in [0.717, 1.165) is 12.8 Å². The van der Waals surface area contributed by atoms with Crippen LogP contribution in [0.3, 0.4) is 0 Å². The first-order valence-corrected chi connectivity index (χ1v) is 8.74. The highest BCUT2D eigenvalue weighted by molar-refractivity contribution is 5.92. The largest absolute Gasteiger partial charge is 0.333 e. The van der Waals surface area contributed by atoms with Crippen molar-refractivity contribution in [3.05, 3.63) is 62.1 Å². The van der Waals surface area contributed by atoms with Crippen LogP contribution < -0.4 is 10.7 Å². The van der Waals surface area contributed by atoms with E-state index < -0.39 is 16.3 Å². The Labute approximate surface area is 167 Å². The molecule has 1 aliphatic heterocycles. The molecule has 3 rings (SSSR count). The number of para-hydroxylation sites is 2. The molecular weight excluding hydrogens is 386 g/mol.